The minimum Gasteiger partial charge on any atom is -0.478 e. The van der Waals surface area contributed by atoms with Gasteiger partial charge in [-0.15, -0.1) is 0 Å². The Morgan fingerprint density at radius 1 is 0.550 bits per heavy atom. The number of benzene rings is 2. The van der Waals surface area contributed by atoms with Gasteiger partial charge < -0.3 is 10.2 Å². The highest BCUT2D eigenvalue weighted by Crippen LogP contribution is 2.21. The number of pyridine rings is 3. The molecule has 0 aliphatic carbocycles. The van der Waals surface area contributed by atoms with E-state index in [9.17, 15) is 9.59 Å². The molecule has 40 heavy (non-hydrogen) atoms. The first-order chi connectivity index (χ1) is 19.4. The van der Waals surface area contributed by atoms with E-state index < -0.39 is 11.9 Å². The molecule has 5 aromatic rings. The molecule has 7 nitrogen and oxygen atoms in total. The molecule has 0 saturated heterocycles. The van der Waals surface area contributed by atoms with Gasteiger partial charge in [0.15, 0.2) is 37.9 Å². The average molecular weight is 532 g/mol. The molecule has 0 aliphatic heterocycles. The van der Waals surface area contributed by atoms with Crippen LogP contribution in [-0.2, 0) is 25.9 Å². The van der Waals surface area contributed by atoms with Crippen LogP contribution >= 0.6 is 0 Å². The van der Waals surface area contributed by atoms with E-state index in [4.69, 9.17) is 10.2 Å². The van der Waals surface area contributed by atoms with Crippen molar-refractivity contribution in [2.24, 2.45) is 0 Å². The Hall–Kier alpha value is -5.17. The molecule has 2 N–H and O–H groups in total. The van der Waals surface area contributed by atoms with Gasteiger partial charge in [0.1, 0.15) is 0 Å². The fourth-order valence-electron chi connectivity index (χ4n) is 4.46. The number of hydrogen-bond acceptors (Lipinski definition) is 3. The third-order valence-corrected chi connectivity index (χ3v) is 6.89. The van der Waals surface area contributed by atoms with Crippen LogP contribution in [-0.4, -0.2) is 27.1 Å². The highest BCUT2D eigenvalue weighted by atomic mass is 16.4. The van der Waals surface area contributed by atoms with Crippen molar-refractivity contribution < 1.29 is 28.9 Å². The van der Waals surface area contributed by atoms with Gasteiger partial charge in [-0.3, -0.25) is 4.98 Å². The number of carboxylic acids is 2. The van der Waals surface area contributed by atoms with Crippen LogP contribution in [0.25, 0.3) is 22.4 Å². The Balaban J connectivity index is 1.15. The topological polar surface area (TPSA) is 95.2 Å². The summed E-state index contributed by atoms with van der Waals surface area (Å²) in [4.78, 5) is 26.7. The van der Waals surface area contributed by atoms with E-state index in [0.717, 1.165) is 59.4 Å². The molecule has 0 atom stereocenters. The maximum Gasteiger partial charge on any atom is 0.335 e. The maximum absolute atomic E-state index is 11.0. The van der Waals surface area contributed by atoms with E-state index in [1.54, 1.807) is 24.3 Å². The van der Waals surface area contributed by atoms with Crippen LogP contribution in [0.2, 0.25) is 0 Å². The van der Waals surface area contributed by atoms with E-state index in [1.165, 1.54) is 0 Å². The molecule has 0 aliphatic rings. The summed E-state index contributed by atoms with van der Waals surface area (Å²) in [5.41, 5.74) is 6.86. The lowest BCUT2D eigenvalue weighted by Crippen LogP contribution is -2.33. The Morgan fingerprint density at radius 2 is 1.00 bits per heavy atom. The average Bonchev–Trinajstić information content (AvgIpc) is 3.00. The van der Waals surface area contributed by atoms with Gasteiger partial charge in [-0.2, -0.15) is 0 Å². The summed E-state index contributed by atoms with van der Waals surface area (Å²) >= 11 is 0. The normalized spacial score (nSPS) is 10.8. The first kappa shape index (κ1) is 26.4. The van der Waals surface area contributed by atoms with Crippen LogP contribution in [0.5, 0.6) is 0 Å². The van der Waals surface area contributed by atoms with Crippen molar-refractivity contribution in [1.29, 1.82) is 0 Å². The first-order valence-electron chi connectivity index (χ1n) is 13.0. The number of nitrogens with zero attached hydrogens (tertiary/aromatic N) is 3. The molecule has 3 aromatic heterocycles. The Kier molecular flexibility index (Phi) is 8.02. The second-order valence-corrected chi connectivity index (χ2v) is 9.59. The fourth-order valence-corrected chi connectivity index (χ4v) is 4.46. The minimum atomic E-state index is -0.911. The van der Waals surface area contributed by atoms with Gasteiger partial charge in [0.05, 0.1) is 16.8 Å². The highest BCUT2D eigenvalue weighted by Gasteiger charge is 2.09. The molecule has 0 unspecified atom stereocenters. The van der Waals surface area contributed by atoms with E-state index in [1.807, 2.05) is 61.3 Å². The van der Waals surface area contributed by atoms with Crippen molar-refractivity contribution in [1.82, 2.24) is 4.98 Å². The second-order valence-electron chi connectivity index (χ2n) is 9.59. The number of aryl methyl sites for hydroxylation is 4. The molecule has 0 amide bonds. The molecule has 7 heteroatoms. The van der Waals surface area contributed by atoms with Gasteiger partial charge in [-0.25, -0.2) is 18.7 Å². The summed E-state index contributed by atoms with van der Waals surface area (Å²) < 4.78 is 4.22. The Labute approximate surface area is 232 Å². The van der Waals surface area contributed by atoms with E-state index in [2.05, 4.69) is 44.5 Å². The SMILES string of the molecule is O=C(O)c1ccc(CC[n+]2ccc(-c3ccc(-c4cc[n+](CCc5ccc(C(=O)O)cc5)cc4)nc3)cc2)cc1. The third-order valence-electron chi connectivity index (χ3n) is 6.89. The fraction of sp³-hybridized carbons (Fsp3) is 0.121. The zero-order valence-electron chi connectivity index (χ0n) is 21.9. The molecular formula is C33H29N3O4+2. The number of carboxylic acid groups (broad SMARTS) is 2. The van der Waals surface area contributed by atoms with Crippen molar-refractivity contribution in [2.75, 3.05) is 0 Å². The predicted molar refractivity (Wildman–Crippen MR) is 150 cm³/mol. The molecule has 3 heterocycles. The van der Waals surface area contributed by atoms with Crippen LogP contribution in [0.1, 0.15) is 31.8 Å². The van der Waals surface area contributed by atoms with Gasteiger partial charge >= 0.3 is 11.9 Å². The lowest BCUT2D eigenvalue weighted by atomic mass is 10.1. The molecule has 0 spiro atoms. The summed E-state index contributed by atoms with van der Waals surface area (Å²) in [7, 11) is 0. The van der Waals surface area contributed by atoms with Crippen molar-refractivity contribution in [3.63, 3.8) is 0 Å². The van der Waals surface area contributed by atoms with Gasteiger partial charge in [0.25, 0.3) is 0 Å². The lowest BCUT2D eigenvalue weighted by molar-refractivity contribution is -0.696. The summed E-state index contributed by atoms with van der Waals surface area (Å²) in [5, 5.41) is 18.1. The molecule has 0 bridgehead atoms. The zero-order chi connectivity index (χ0) is 27.9. The molecule has 0 fully saturated rings. The van der Waals surface area contributed by atoms with Crippen LogP contribution in [0.3, 0.4) is 0 Å². The number of aromatic nitrogens is 3. The number of rotatable bonds is 10. The smallest absolute Gasteiger partial charge is 0.335 e. The largest absolute Gasteiger partial charge is 0.478 e. The minimum absolute atomic E-state index is 0.300. The zero-order valence-corrected chi connectivity index (χ0v) is 21.9. The van der Waals surface area contributed by atoms with Crippen LogP contribution in [0.15, 0.2) is 116 Å². The van der Waals surface area contributed by atoms with Gasteiger partial charge in [-0.1, -0.05) is 30.3 Å². The van der Waals surface area contributed by atoms with Gasteiger partial charge in [-0.05, 0) is 47.0 Å². The number of hydrogen-bond donors (Lipinski definition) is 2. The molecule has 5 rings (SSSR count). The quantitative estimate of drug-likeness (QED) is 0.251. The van der Waals surface area contributed by atoms with Gasteiger partial charge in [0.2, 0.25) is 0 Å². The first-order valence-corrected chi connectivity index (χ1v) is 13.0. The molecule has 0 radical (unpaired) electrons. The van der Waals surface area contributed by atoms with Crippen LogP contribution < -0.4 is 9.13 Å². The molecule has 2 aromatic carbocycles. The van der Waals surface area contributed by atoms with Crippen molar-refractivity contribution >= 4 is 11.9 Å². The Bertz CT molecular complexity index is 1470. The maximum atomic E-state index is 11.0. The summed E-state index contributed by atoms with van der Waals surface area (Å²) in [6.07, 6.45) is 11.7. The predicted octanol–water partition coefficient (Wildman–Crippen LogP) is 4.87. The molecular weight excluding hydrogens is 502 g/mol. The van der Waals surface area contributed by atoms with Crippen LogP contribution in [0.4, 0.5) is 0 Å². The lowest BCUT2D eigenvalue weighted by Gasteiger charge is -2.05. The standard InChI is InChI=1S/C33H27N3O4/c37-32(38)28-5-1-24(2-6-28)11-17-35-19-13-26(14-20-35)30-9-10-31(34-23-30)27-15-21-36(22-16-27)18-12-25-3-7-29(8-4-25)33(39)40/h1-10,13-16,19-23H,11-12,17-18H2/p+2. The van der Waals surface area contributed by atoms with E-state index in [-0.39, 0.29) is 0 Å². The monoisotopic (exact) mass is 531 g/mol. The van der Waals surface area contributed by atoms with E-state index in [0.29, 0.717) is 11.1 Å². The van der Waals surface area contributed by atoms with Crippen molar-refractivity contribution in [2.45, 2.75) is 25.9 Å². The van der Waals surface area contributed by atoms with Crippen LogP contribution in [0, 0.1) is 0 Å². The number of aromatic carboxylic acids is 2. The molecule has 198 valence electrons. The van der Waals surface area contributed by atoms with Crippen molar-refractivity contribution in [3.05, 3.63) is 138 Å². The Morgan fingerprint density at radius 3 is 1.40 bits per heavy atom. The summed E-state index contributed by atoms with van der Waals surface area (Å²) in [6, 6.07) is 26.4. The summed E-state index contributed by atoms with van der Waals surface area (Å²) in [6.45, 7) is 1.60. The highest BCUT2D eigenvalue weighted by molar-refractivity contribution is 5.88. The third kappa shape index (κ3) is 6.63. The van der Waals surface area contributed by atoms with E-state index >= 15 is 0 Å². The van der Waals surface area contributed by atoms with Crippen molar-refractivity contribution in [3.8, 4) is 22.4 Å². The van der Waals surface area contributed by atoms with Gasteiger partial charge in [0, 0.05) is 54.4 Å². The number of carbonyl (C=O) groups is 2. The summed E-state index contributed by atoms with van der Waals surface area (Å²) in [5.74, 6) is -1.82. The molecule has 0 saturated carbocycles. The second kappa shape index (κ2) is 12.1.